The standard InChI is InChI=1S/C14H12N4O3/c1-9-4-3-5-11(6-9)16-15-12-7-10(2)13(18(20)21)8-14(12)17(16)19/h3-8H,1-2H3. The van der Waals surface area contributed by atoms with Gasteiger partial charge in [-0.3, -0.25) is 10.1 Å². The van der Waals surface area contributed by atoms with Crippen LogP contribution in [0.1, 0.15) is 11.1 Å². The third kappa shape index (κ3) is 2.08. The van der Waals surface area contributed by atoms with E-state index in [1.54, 1.807) is 19.1 Å². The van der Waals surface area contributed by atoms with E-state index in [0.717, 1.165) is 5.56 Å². The summed E-state index contributed by atoms with van der Waals surface area (Å²) in [6.45, 7) is 3.54. The lowest BCUT2D eigenvalue weighted by Gasteiger charge is -2.04. The maximum atomic E-state index is 12.3. The SMILES string of the molecule is Cc1cccc(-n2nc3cc(C)c([N+](=O)[O-])cc3[n+]2[O-])c1. The molecule has 106 valence electrons. The van der Waals surface area contributed by atoms with E-state index in [-0.39, 0.29) is 11.2 Å². The van der Waals surface area contributed by atoms with Gasteiger partial charge in [-0.25, -0.2) is 0 Å². The van der Waals surface area contributed by atoms with Gasteiger partial charge in [0.05, 0.1) is 16.1 Å². The molecule has 21 heavy (non-hydrogen) atoms. The van der Waals surface area contributed by atoms with Crippen molar-refractivity contribution in [3.8, 4) is 5.69 Å². The van der Waals surface area contributed by atoms with Crippen molar-refractivity contribution in [1.29, 1.82) is 0 Å². The lowest BCUT2D eigenvalue weighted by molar-refractivity contribution is -0.664. The van der Waals surface area contributed by atoms with Crippen LogP contribution in [-0.2, 0) is 0 Å². The Morgan fingerprint density at radius 3 is 2.67 bits per heavy atom. The molecule has 0 saturated carbocycles. The van der Waals surface area contributed by atoms with E-state index in [2.05, 4.69) is 5.10 Å². The first kappa shape index (κ1) is 13.0. The summed E-state index contributed by atoms with van der Waals surface area (Å²) in [5.41, 5.74) is 2.59. The molecule has 0 bridgehead atoms. The molecule has 0 unspecified atom stereocenters. The average molecular weight is 284 g/mol. The maximum Gasteiger partial charge on any atom is 0.276 e. The van der Waals surface area contributed by atoms with E-state index in [4.69, 9.17) is 0 Å². The van der Waals surface area contributed by atoms with Crippen LogP contribution in [0.2, 0.25) is 0 Å². The molecule has 0 fully saturated rings. The van der Waals surface area contributed by atoms with Gasteiger partial charge in [-0.05, 0) is 36.3 Å². The number of nitro groups is 1. The molecule has 7 nitrogen and oxygen atoms in total. The van der Waals surface area contributed by atoms with Crippen LogP contribution in [0.5, 0.6) is 0 Å². The summed E-state index contributed by atoms with van der Waals surface area (Å²) in [7, 11) is 0. The van der Waals surface area contributed by atoms with E-state index < -0.39 is 4.92 Å². The number of rotatable bonds is 2. The Kier molecular flexibility index (Phi) is 2.83. The second-order valence-corrected chi connectivity index (χ2v) is 4.89. The molecule has 0 atom stereocenters. The molecule has 0 N–H and O–H groups in total. The molecule has 1 heterocycles. The average Bonchev–Trinajstić information content (AvgIpc) is 2.74. The van der Waals surface area contributed by atoms with Crippen LogP contribution < -0.4 is 4.85 Å². The summed E-state index contributed by atoms with van der Waals surface area (Å²) < 4.78 is 0. The second-order valence-electron chi connectivity index (χ2n) is 4.89. The van der Waals surface area contributed by atoms with Crippen LogP contribution in [-0.4, -0.2) is 14.8 Å². The highest BCUT2D eigenvalue weighted by molar-refractivity contribution is 5.75. The van der Waals surface area contributed by atoms with E-state index in [0.29, 0.717) is 21.6 Å². The first-order valence-electron chi connectivity index (χ1n) is 6.32. The summed E-state index contributed by atoms with van der Waals surface area (Å²) in [6, 6.07) is 10.1. The van der Waals surface area contributed by atoms with Gasteiger partial charge in [0.1, 0.15) is 5.69 Å². The van der Waals surface area contributed by atoms with Crippen LogP contribution in [0.25, 0.3) is 16.7 Å². The first-order valence-corrected chi connectivity index (χ1v) is 6.32. The molecule has 3 aromatic rings. The summed E-state index contributed by atoms with van der Waals surface area (Å²) in [4.78, 5) is 12.2. The highest BCUT2D eigenvalue weighted by Gasteiger charge is 2.22. The number of aromatic nitrogens is 3. The van der Waals surface area contributed by atoms with Crippen molar-refractivity contribution < 1.29 is 9.77 Å². The summed E-state index contributed by atoms with van der Waals surface area (Å²) in [6.07, 6.45) is 0. The highest BCUT2D eigenvalue weighted by atomic mass is 16.6. The molecule has 7 heteroatoms. The van der Waals surface area contributed by atoms with Gasteiger partial charge < -0.3 is 5.21 Å². The minimum absolute atomic E-state index is 0.0871. The zero-order valence-electron chi connectivity index (χ0n) is 11.5. The normalized spacial score (nSPS) is 11.0. The van der Waals surface area contributed by atoms with Gasteiger partial charge in [0, 0.05) is 11.6 Å². The Morgan fingerprint density at radius 1 is 1.24 bits per heavy atom. The summed E-state index contributed by atoms with van der Waals surface area (Å²) in [5.74, 6) is 0. The van der Waals surface area contributed by atoms with E-state index in [1.165, 1.54) is 10.9 Å². The molecular weight excluding hydrogens is 272 g/mol. The molecule has 0 aliphatic heterocycles. The van der Waals surface area contributed by atoms with Gasteiger partial charge in [-0.1, -0.05) is 12.1 Å². The molecular formula is C14H12N4O3. The number of nitrogens with zero attached hydrogens (tertiary/aromatic N) is 4. The van der Waals surface area contributed by atoms with E-state index >= 15 is 0 Å². The Hall–Kier alpha value is -2.96. The van der Waals surface area contributed by atoms with Crippen LogP contribution in [0.15, 0.2) is 36.4 Å². The van der Waals surface area contributed by atoms with Crippen molar-refractivity contribution >= 4 is 16.7 Å². The number of hydrogen-bond donors (Lipinski definition) is 0. The quantitative estimate of drug-likeness (QED) is 0.312. The maximum absolute atomic E-state index is 12.3. The number of benzene rings is 2. The fraction of sp³-hybridized carbons (Fsp3) is 0.143. The molecule has 3 rings (SSSR count). The molecule has 0 aliphatic rings. The number of aryl methyl sites for hydroxylation is 2. The summed E-state index contributed by atoms with van der Waals surface area (Å²) in [5, 5.41) is 27.5. The largest absolute Gasteiger partial charge is 0.692 e. The van der Waals surface area contributed by atoms with Crippen molar-refractivity contribution in [3.05, 3.63) is 62.8 Å². The number of fused-ring (bicyclic) bond motifs is 1. The fourth-order valence-corrected chi connectivity index (χ4v) is 2.26. The van der Waals surface area contributed by atoms with Gasteiger partial charge in [0.15, 0.2) is 0 Å². The Labute approximate surface area is 119 Å². The summed E-state index contributed by atoms with van der Waals surface area (Å²) >= 11 is 0. The molecule has 0 saturated heterocycles. The van der Waals surface area contributed by atoms with Crippen LogP contribution >= 0.6 is 0 Å². The second kappa shape index (κ2) is 4.55. The number of hydrogen-bond acceptors (Lipinski definition) is 4. The minimum atomic E-state index is -0.501. The zero-order valence-corrected chi connectivity index (χ0v) is 11.5. The van der Waals surface area contributed by atoms with Gasteiger partial charge in [-0.15, -0.1) is 4.85 Å². The molecule has 0 aliphatic carbocycles. The zero-order chi connectivity index (χ0) is 15.1. The number of nitro benzene ring substituents is 1. The van der Waals surface area contributed by atoms with Crippen molar-refractivity contribution in [2.24, 2.45) is 0 Å². The first-order chi connectivity index (χ1) is 9.97. The van der Waals surface area contributed by atoms with Crippen LogP contribution in [0.3, 0.4) is 0 Å². The van der Waals surface area contributed by atoms with E-state index in [9.17, 15) is 15.3 Å². The van der Waals surface area contributed by atoms with Gasteiger partial charge >= 0.3 is 0 Å². The molecule has 2 aromatic carbocycles. The topological polar surface area (TPSA) is 87.9 Å². The Balaban J connectivity index is 2.27. The monoisotopic (exact) mass is 284 g/mol. The molecule has 1 aromatic heterocycles. The van der Waals surface area contributed by atoms with Gasteiger partial charge in [-0.2, -0.15) is 0 Å². The lowest BCUT2D eigenvalue weighted by Crippen LogP contribution is -2.37. The highest BCUT2D eigenvalue weighted by Crippen LogP contribution is 2.23. The Bertz CT molecular complexity index is 870. The van der Waals surface area contributed by atoms with Crippen LogP contribution in [0.4, 0.5) is 5.69 Å². The molecule has 0 radical (unpaired) electrons. The van der Waals surface area contributed by atoms with Crippen molar-refractivity contribution in [1.82, 2.24) is 9.90 Å². The smallest absolute Gasteiger partial charge is 0.276 e. The third-order valence-corrected chi connectivity index (χ3v) is 3.30. The predicted molar refractivity (Wildman–Crippen MR) is 76.2 cm³/mol. The lowest BCUT2D eigenvalue weighted by atomic mass is 10.2. The van der Waals surface area contributed by atoms with Crippen molar-refractivity contribution in [3.63, 3.8) is 0 Å². The van der Waals surface area contributed by atoms with Crippen molar-refractivity contribution in [2.75, 3.05) is 0 Å². The third-order valence-electron chi connectivity index (χ3n) is 3.30. The van der Waals surface area contributed by atoms with E-state index in [1.807, 2.05) is 25.1 Å². The Morgan fingerprint density at radius 2 is 2.00 bits per heavy atom. The molecule has 0 spiro atoms. The van der Waals surface area contributed by atoms with Crippen LogP contribution in [0, 0.1) is 29.2 Å². The van der Waals surface area contributed by atoms with Gasteiger partial charge in [0.2, 0.25) is 5.52 Å². The molecule has 0 amide bonds. The minimum Gasteiger partial charge on any atom is -0.692 e. The predicted octanol–water partition coefficient (Wildman–Crippen LogP) is 2.18. The fourth-order valence-electron chi connectivity index (χ4n) is 2.26. The van der Waals surface area contributed by atoms with Crippen molar-refractivity contribution in [2.45, 2.75) is 13.8 Å². The van der Waals surface area contributed by atoms with Gasteiger partial charge in [0.25, 0.3) is 11.2 Å².